The van der Waals surface area contributed by atoms with Gasteiger partial charge in [-0.15, -0.1) is 0 Å². The van der Waals surface area contributed by atoms with E-state index in [1.807, 2.05) is 0 Å². The van der Waals surface area contributed by atoms with Gasteiger partial charge in [-0.3, -0.25) is 4.79 Å². The fraction of sp³-hybridized carbons (Fsp3) is 0.667. The van der Waals surface area contributed by atoms with Gasteiger partial charge >= 0.3 is 5.97 Å². The molecule has 0 aromatic rings. The standard InChI is InChI=1S/C6H10N2O5S/c1-4(2-7)14(12,13)8-5(3-9)6(10)11/h4-5,8-9H,3H2,1H3,(H,10,11)/t4?,5-/m1/s1. The van der Waals surface area contributed by atoms with Gasteiger partial charge in [-0.05, 0) is 6.92 Å². The van der Waals surface area contributed by atoms with Crippen molar-refractivity contribution >= 4 is 16.0 Å². The van der Waals surface area contributed by atoms with E-state index in [9.17, 15) is 13.2 Å². The number of aliphatic hydroxyl groups excluding tert-OH is 1. The molecule has 14 heavy (non-hydrogen) atoms. The highest BCUT2D eigenvalue weighted by atomic mass is 32.2. The molecule has 80 valence electrons. The molecule has 0 saturated carbocycles. The van der Waals surface area contributed by atoms with Crippen LogP contribution in [-0.2, 0) is 14.8 Å². The quantitative estimate of drug-likeness (QED) is 0.506. The molecule has 0 aliphatic rings. The molecule has 2 atom stereocenters. The predicted molar refractivity (Wildman–Crippen MR) is 45.6 cm³/mol. The zero-order chi connectivity index (χ0) is 11.4. The highest BCUT2D eigenvalue weighted by Gasteiger charge is 2.27. The van der Waals surface area contributed by atoms with Crippen LogP contribution in [0.3, 0.4) is 0 Å². The molecule has 1 unspecified atom stereocenters. The van der Waals surface area contributed by atoms with Gasteiger partial charge in [0.15, 0.2) is 5.25 Å². The van der Waals surface area contributed by atoms with Gasteiger partial charge in [-0.2, -0.15) is 9.98 Å². The number of rotatable bonds is 5. The average molecular weight is 222 g/mol. The number of sulfonamides is 1. The van der Waals surface area contributed by atoms with Gasteiger partial charge in [0.1, 0.15) is 6.04 Å². The molecule has 0 spiro atoms. The van der Waals surface area contributed by atoms with E-state index in [-0.39, 0.29) is 0 Å². The van der Waals surface area contributed by atoms with Crippen molar-refractivity contribution < 1.29 is 23.4 Å². The summed E-state index contributed by atoms with van der Waals surface area (Å²) in [6.07, 6.45) is 0. The SMILES string of the molecule is CC(C#N)S(=O)(=O)N[C@H](CO)C(=O)O. The molecular formula is C6H10N2O5S. The topological polar surface area (TPSA) is 127 Å². The monoisotopic (exact) mass is 222 g/mol. The molecule has 0 amide bonds. The zero-order valence-corrected chi connectivity index (χ0v) is 8.15. The Bertz CT molecular complexity index is 344. The Balaban J connectivity index is 4.67. The van der Waals surface area contributed by atoms with Crippen LogP contribution in [0, 0.1) is 11.3 Å². The van der Waals surface area contributed by atoms with Gasteiger partial charge in [0.25, 0.3) is 0 Å². The summed E-state index contributed by atoms with van der Waals surface area (Å²) in [5.41, 5.74) is 0. The maximum Gasteiger partial charge on any atom is 0.324 e. The number of carbonyl (C=O) groups is 1. The van der Waals surface area contributed by atoms with Gasteiger partial charge < -0.3 is 10.2 Å². The molecule has 0 fully saturated rings. The van der Waals surface area contributed by atoms with Crippen LogP contribution in [0.2, 0.25) is 0 Å². The second kappa shape index (κ2) is 4.90. The first kappa shape index (κ1) is 12.8. The molecule has 0 aromatic carbocycles. The van der Waals surface area contributed by atoms with E-state index >= 15 is 0 Å². The van der Waals surface area contributed by atoms with Crippen LogP contribution < -0.4 is 4.72 Å². The lowest BCUT2D eigenvalue weighted by molar-refractivity contribution is -0.139. The van der Waals surface area contributed by atoms with Crippen LogP contribution in [0.1, 0.15) is 6.92 Å². The molecule has 0 aliphatic heterocycles. The number of carboxylic acid groups (broad SMARTS) is 1. The average Bonchev–Trinajstić information content (AvgIpc) is 2.12. The van der Waals surface area contributed by atoms with Crippen molar-refractivity contribution in [1.29, 1.82) is 5.26 Å². The van der Waals surface area contributed by atoms with Gasteiger partial charge in [-0.25, -0.2) is 8.42 Å². The van der Waals surface area contributed by atoms with E-state index in [1.54, 1.807) is 4.72 Å². The van der Waals surface area contributed by atoms with Gasteiger partial charge in [0, 0.05) is 0 Å². The lowest BCUT2D eigenvalue weighted by Gasteiger charge is -2.12. The Morgan fingerprint density at radius 3 is 2.43 bits per heavy atom. The van der Waals surface area contributed by atoms with Crippen LogP contribution >= 0.6 is 0 Å². The number of nitriles is 1. The summed E-state index contributed by atoms with van der Waals surface area (Å²) in [5.74, 6) is -1.50. The molecule has 7 nitrogen and oxygen atoms in total. The first-order chi connectivity index (χ1) is 6.35. The van der Waals surface area contributed by atoms with Crippen molar-refractivity contribution in [2.75, 3.05) is 6.61 Å². The Kier molecular flexibility index (Phi) is 4.49. The van der Waals surface area contributed by atoms with Crippen LogP contribution in [0.15, 0.2) is 0 Å². The Labute approximate surface area is 81.0 Å². The van der Waals surface area contributed by atoms with E-state index in [0.717, 1.165) is 6.92 Å². The lowest BCUT2D eigenvalue weighted by atomic mass is 10.3. The molecule has 0 bridgehead atoms. The second-order valence-electron chi connectivity index (χ2n) is 2.51. The van der Waals surface area contributed by atoms with Crippen LogP contribution in [0.5, 0.6) is 0 Å². The third-order valence-corrected chi connectivity index (χ3v) is 3.08. The van der Waals surface area contributed by atoms with Crippen LogP contribution in [0.4, 0.5) is 0 Å². The van der Waals surface area contributed by atoms with Crippen molar-refractivity contribution in [3.63, 3.8) is 0 Å². The molecule has 3 N–H and O–H groups in total. The van der Waals surface area contributed by atoms with Crippen molar-refractivity contribution in [3.8, 4) is 6.07 Å². The maximum absolute atomic E-state index is 11.1. The van der Waals surface area contributed by atoms with E-state index in [1.165, 1.54) is 6.07 Å². The summed E-state index contributed by atoms with van der Waals surface area (Å²) in [5, 5.41) is 23.9. The van der Waals surface area contributed by atoms with Gasteiger partial charge in [0.05, 0.1) is 12.7 Å². The summed E-state index contributed by atoms with van der Waals surface area (Å²) in [7, 11) is -4.02. The number of aliphatic hydroxyl groups is 1. The second-order valence-corrected chi connectivity index (χ2v) is 4.54. The van der Waals surface area contributed by atoms with Crippen molar-refractivity contribution in [2.24, 2.45) is 0 Å². The van der Waals surface area contributed by atoms with Crippen molar-refractivity contribution in [3.05, 3.63) is 0 Å². The number of nitrogens with one attached hydrogen (secondary N) is 1. The summed E-state index contributed by atoms with van der Waals surface area (Å²) >= 11 is 0. The molecular weight excluding hydrogens is 212 g/mol. The summed E-state index contributed by atoms with van der Waals surface area (Å²) in [6.45, 7) is 0.241. The third kappa shape index (κ3) is 3.29. The largest absolute Gasteiger partial charge is 0.480 e. The molecule has 0 rings (SSSR count). The number of aliphatic carboxylic acids is 1. The highest BCUT2D eigenvalue weighted by molar-refractivity contribution is 7.90. The summed E-state index contributed by atoms with van der Waals surface area (Å²) in [4.78, 5) is 10.3. The minimum atomic E-state index is -4.02. The molecule has 0 saturated heterocycles. The summed E-state index contributed by atoms with van der Waals surface area (Å²) < 4.78 is 23.9. The van der Waals surface area contributed by atoms with Crippen LogP contribution in [0.25, 0.3) is 0 Å². The number of nitrogens with zero attached hydrogens (tertiary/aromatic N) is 1. The lowest BCUT2D eigenvalue weighted by Crippen LogP contribution is -2.46. The Morgan fingerprint density at radius 2 is 2.14 bits per heavy atom. The normalized spacial score (nSPS) is 15.5. The molecule has 0 radical (unpaired) electrons. The fourth-order valence-corrected chi connectivity index (χ4v) is 1.45. The molecule has 0 aromatic heterocycles. The molecule has 0 aliphatic carbocycles. The van der Waals surface area contributed by atoms with Gasteiger partial charge in [-0.1, -0.05) is 0 Å². The first-order valence-corrected chi connectivity index (χ1v) is 5.14. The number of hydrogen-bond donors (Lipinski definition) is 3. The highest BCUT2D eigenvalue weighted by Crippen LogP contribution is 1.98. The van der Waals surface area contributed by atoms with Gasteiger partial charge in [0.2, 0.25) is 10.0 Å². The van der Waals surface area contributed by atoms with E-state index < -0.39 is 33.9 Å². The fourth-order valence-electron chi connectivity index (χ4n) is 0.536. The minimum Gasteiger partial charge on any atom is -0.480 e. The molecule has 8 heteroatoms. The number of hydrogen-bond acceptors (Lipinski definition) is 5. The van der Waals surface area contributed by atoms with E-state index in [4.69, 9.17) is 15.5 Å². The van der Waals surface area contributed by atoms with E-state index in [2.05, 4.69) is 0 Å². The predicted octanol–water partition coefficient (Wildman–Crippen LogP) is -1.74. The zero-order valence-electron chi connectivity index (χ0n) is 7.34. The minimum absolute atomic E-state index is 0.868. The van der Waals surface area contributed by atoms with Crippen LogP contribution in [-0.4, -0.2) is 42.5 Å². The first-order valence-electron chi connectivity index (χ1n) is 3.59. The Morgan fingerprint density at radius 1 is 1.64 bits per heavy atom. The third-order valence-electron chi connectivity index (χ3n) is 1.43. The number of carboxylic acids is 1. The summed E-state index contributed by atoms with van der Waals surface area (Å²) in [6, 6.07) is -0.166. The smallest absolute Gasteiger partial charge is 0.324 e. The Hall–Kier alpha value is -1.17. The van der Waals surface area contributed by atoms with Crippen molar-refractivity contribution in [1.82, 2.24) is 4.72 Å². The molecule has 0 heterocycles. The van der Waals surface area contributed by atoms with Crippen molar-refractivity contribution in [2.45, 2.75) is 18.2 Å². The maximum atomic E-state index is 11.1. The van der Waals surface area contributed by atoms with E-state index in [0.29, 0.717) is 0 Å².